The van der Waals surface area contributed by atoms with Crippen molar-refractivity contribution in [3.8, 4) is 5.75 Å². The summed E-state index contributed by atoms with van der Waals surface area (Å²) in [7, 11) is 0. The van der Waals surface area contributed by atoms with Gasteiger partial charge in [-0.3, -0.25) is 4.79 Å². The number of nitrogens with zero attached hydrogens (tertiary/aromatic N) is 2. The van der Waals surface area contributed by atoms with E-state index in [9.17, 15) is 4.79 Å². The van der Waals surface area contributed by atoms with E-state index in [2.05, 4.69) is 12.3 Å². The fourth-order valence-corrected chi connectivity index (χ4v) is 2.39. The molecule has 0 aliphatic carbocycles. The lowest BCUT2D eigenvalue weighted by Gasteiger charge is -2.28. The van der Waals surface area contributed by atoms with Gasteiger partial charge in [-0.2, -0.15) is 4.58 Å². The molecular weight excluding hydrogens is 240 g/mol. The molecule has 0 fully saturated rings. The minimum atomic E-state index is 0.110. The summed E-state index contributed by atoms with van der Waals surface area (Å²) in [5.74, 6) is 0.902. The van der Waals surface area contributed by atoms with E-state index in [1.54, 1.807) is 0 Å². The summed E-state index contributed by atoms with van der Waals surface area (Å²) >= 11 is 0. The Morgan fingerprint density at radius 2 is 2.21 bits per heavy atom. The lowest BCUT2D eigenvalue weighted by molar-refractivity contribution is -0.442. The number of fused-ring (bicyclic) bond motifs is 1. The molecule has 0 aromatic heterocycles. The molecular formula is C15H17N2O2+. The number of ether oxygens (including phenoxy) is 1. The van der Waals surface area contributed by atoms with E-state index in [0.29, 0.717) is 19.7 Å². The molecule has 1 aromatic carbocycles. The molecule has 19 heavy (non-hydrogen) atoms. The molecule has 0 saturated heterocycles. The Balaban J connectivity index is 1.78. The van der Waals surface area contributed by atoms with Crippen molar-refractivity contribution in [2.24, 2.45) is 0 Å². The van der Waals surface area contributed by atoms with Crippen molar-refractivity contribution in [3.63, 3.8) is 0 Å². The minimum Gasteiger partial charge on any atom is -0.490 e. The van der Waals surface area contributed by atoms with Gasteiger partial charge in [0.15, 0.2) is 6.20 Å². The van der Waals surface area contributed by atoms with Crippen LogP contribution in [0.4, 0.5) is 5.69 Å². The third kappa shape index (κ3) is 2.52. The fraction of sp³-hybridized carbons (Fsp3) is 0.333. The van der Waals surface area contributed by atoms with Crippen LogP contribution in [0, 0.1) is 0 Å². The van der Waals surface area contributed by atoms with Gasteiger partial charge in [0.2, 0.25) is 6.54 Å². The highest BCUT2D eigenvalue weighted by molar-refractivity contribution is 5.96. The van der Waals surface area contributed by atoms with Crippen LogP contribution < -0.4 is 9.64 Å². The number of anilines is 1. The normalized spacial score (nSPS) is 17.5. The van der Waals surface area contributed by atoms with Crippen molar-refractivity contribution < 1.29 is 14.1 Å². The van der Waals surface area contributed by atoms with E-state index in [1.165, 1.54) is 0 Å². The number of benzene rings is 1. The van der Waals surface area contributed by atoms with E-state index in [4.69, 9.17) is 4.74 Å². The van der Waals surface area contributed by atoms with Crippen LogP contribution in [-0.2, 0) is 4.79 Å². The number of carbonyl (C=O) groups is 1. The summed E-state index contributed by atoms with van der Waals surface area (Å²) in [5.41, 5.74) is 0.875. The van der Waals surface area contributed by atoms with Gasteiger partial charge in [-0.05, 0) is 24.6 Å². The molecule has 3 rings (SSSR count). The first kappa shape index (κ1) is 12.0. The number of rotatable bonds is 2. The number of para-hydroxylation sites is 2. The number of hydrogen-bond donors (Lipinski definition) is 0. The summed E-state index contributed by atoms with van der Waals surface area (Å²) in [6, 6.07) is 7.69. The molecule has 4 nitrogen and oxygen atoms in total. The zero-order valence-corrected chi connectivity index (χ0v) is 10.8. The van der Waals surface area contributed by atoms with Crippen LogP contribution >= 0.6 is 0 Å². The molecule has 98 valence electrons. The summed E-state index contributed by atoms with van der Waals surface area (Å²) < 4.78 is 7.53. The van der Waals surface area contributed by atoms with E-state index in [0.717, 1.165) is 24.3 Å². The van der Waals surface area contributed by atoms with Gasteiger partial charge >= 0.3 is 0 Å². The second-order valence-electron chi connectivity index (χ2n) is 4.68. The lowest BCUT2D eigenvalue weighted by atomic mass is 10.2. The maximum atomic E-state index is 12.4. The van der Waals surface area contributed by atoms with E-state index >= 15 is 0 Å². The highest BCUT2D eigenvalue weighted by Gasteiger charge is 2.25. The quantitative estimate of drug-likeness (QED) is 0.757. The van der Waals surface area contributed by atoms with Gasteiger partial charge in [-0.15, -0.1) is 0 Å². The van der Waals surface area contributed by atoms with Gasteiger partial charge in [-0.1, -0.05) is 12.1 Å². The monoisotopic (exact) mass is 257 g/mol. The number of carbonyl (C=O) groups excluding carboxylic acids is 1. The molecule has 0 N–H and O–H groups in total. The summed E-state index contributed by atoms with van der Waals surface area (Å²) in [6.07, 6.45) is 8.22. The van der Waals surface area contributed by atoms with Gasteiger partial charge < -0.3 is 9.64 Å². The van der Waals surface area contributed by atoms with Crippen LogP contribution in [0.5, 0.6) is 5.75 Å². The van der Waals surface area contributed by atoms with E-state index < -0.39 is 0 Å². The van der Waals surface area contributed by atoms with Gasteiger partial charge in [0.05, 0.1) is 12.2 Å². The summed E-state index contributed by atoms with van der Waals surface area (Å²) in [5, 5.41) is 0. The molecule has 2 aliphatic rings. The summed E-state index contributed by atoms with van der Waals surface area (Å²) in [6.45, 7) is 1.57. The summed E-state index contributed by atoms with van der Waals surface area (Å²) in [4.78, 5) is 14.2. The van der Waals surface area contributed by atoms with Crippen molar-refractivity contribution in [2.75, 3.05) is 24.6 Å². The number of allylic oxidation sites excluding steroid dienone is 1. The third-order valence-corrected chi connectivity index (χ3v) is 3.34. The first-order valence-corrected chi connectivity index (χ1v) is 6.62. The third-order valence-electron chi connectivity index (χ3n) is 3.34. The zero-order valence-electron chi connectivity index (χ0n) is 10.8. The first-order chi connectivity index (χ1) is 9.34. The zero-order chi connectivity index (χ0) is 13.1. The maximum Gasteiger partial charge on any atom is 0.293 e. The van der Waals surface area contributed by atoms with Gasteiger partial charge in [0, 0.05) is 6.42 Å². The molecule has 0 saturated carbocycles. The SMILES string of the molecule is O=C(C[N+]1=CCCC=C1)N1CCOc2ccccc21. The highest BCUT2D eigenvalue weighted by Crippen LogP contribution is 2.30. The Hall–Kier alpha value is -2.10. The molecule has 0 radical (unpaired) electrons. The molecule has 2 heterocycles. The second kappa shape index (κ2) is 5.26. The first-order valence-electron chi connectivity index (χ1n) is 6.62. The van der Waals surface area contributed by atoms with Crippen molar-refractivity contribution in [3.05, 3.63) is 36.5 Å². The topological polar surface area (TPSA) is 32.5 Å². The molecule has 0 atom stereocenters. The van der Waals surface area contributed by atoms with Crippen LogP contribution in [-0.4, -0.2) is 36.4 Å². The van der Waals surface area contributed by atoms with Crippen molar-refractivity contribution >= 4 is 17.8 Å². The molecule has 4 heteroatoms. The predicted molar refractivity (Wildman–Crippen MR) is 73.9 cm³/mol. The molecule has 0 unspecified atom stereocenters. The standard InChI is InChI=1S/C15H17N2O2/c18-15(12-16-8-4-1-5-9-16)17-10-11-19-14-7-3-2-6-13(14)17/h2-4,6-9H,1,5,10-12H2/q+1. The minimum absolute atomic E-state index is 0.110. The van der Waals surface area contributed by atoms with Crippen LogP contribution in [0.15, 0.2) is 36.5 Å². The fourth-order valence-electron chi connectivity index (χ4n) is 2.39. The van der Waals surface area contributed by atoms with E-state index in [1.807, 2.05) is 39.9 Å². The largest absolute Gasteiger partial charge is 0.490 e. The maximum absolute atomic E-state index is 12.4. The second-order valence-corrected chi connectivity index (χ2v) is 4.68. The Bertz CT molecular complexity index is 549. The van der Waals surface area contributed by atoms with E-state index in [-0.39, 0.29) is 5.91 Å². The number of hydrogen-bond acceptors (Lipinski definition) is 2. The van der Waals surface area contributed by atoms with Crippen LogP contribution in [0.1, 0.15) is 12.8 Å². The van der Waals surface area contributed by atoms with Crippen LogP contribution in [0.2, 0.25) is 0 Å². The lowest BCUT2D eigenvalue weighted by Crippen LogP contribution is -2.41. The number of amides is 1. The smallest absolute Gasteiger partial charge is 0.293 e. The Labute approximate surface area is 112 Å². The Morgan fingerprint density at radius 3 is 3.05 bits per heavy atom. The molecule has 0 spiro atoms. The van der Waals surface area contributed by atoms with Crippen molar-refractivity contribution in [2.45, 2.75) is 12.8 Å². The van der Waals surface area contributed by atoms with Crippen molar-refractivity contribution in [1.82, 2.24) is 0 Å². The Kier molecular flexibility index (Phi) is 3.31. The van der Waals surface area contributed by atoms with Crippen LogP contribution in [0.3, 0.4) is 0 Å². The van der Waals surface area contributed by atoms with Gasteiger partial charge in [-0.25, -0.2) is 0 Å². The van der Waals surface area contributed by atoms with Gasteiger partial charge in [0.1, 0.15) is 18.6 Å². The molecule has 1 aromatic rings. The molecule has 2 aliphatic heterocycles. The van der Waals surface area contributed by atoms with Crippen LogP contribution in [0.25, 0.3) is 0 Å². The predicted octanol–water partition coefficient (Wildman–Crippen LogP) is 1.80. The average molecular weight is 257 g/mol. The molecule has 0 bridgehead atoms. The van der Waals surface area contributed by atoms with Gasteiger partial charge in [0.25, 0.3) is 5.91 Å². The van der Waals surface area contributed by atoms with Crippen molar-refractivity contribution in [1.29, 1.82) is 0 Å². The highest BCUT2D eigenvalue weighted by atomic mass is 16.5. The molecule has 1 amide bonds. The average Bonchev–Trinajstić information content (AvgIpc) is 2.47. The Morgan fingerprint density at radius 1 is 1.32 bits per heavy atom.